The topological polar surface area (TPSA) is 93.9 Å². The van der Waals surface area contributed by atoms with Crippen LogP contribution in [0.5, 0.6) is 0 Å². The quantitative estimate of drug-likeness (QED) is 0.460. The van der Waals surface area contributed by atoms with Gasteiger partial charge in [0.15, 0.2) is 10.5 Å². The first-order valence-corrected chi connectivity index (χ1v) is 10.9. The average molecular weight is 434 g/mol. The second-order valence-corrected chi connectivity index (χ2v) is 8.44. The molecule has 0 bridgehead atoms. The predicted molar refractivity (Wildman–Crippen MR) is 115 cm³/mol. The minimum Gasteiger partial charge on any atom is -0.383 e. The average Bonchev–Trinajstić information content (AvgIpc) is 3.29. The maximum atomic E-state index is 13.5. The molecule has 0 fully saturated rings. The number of hydrogen-bond donors (Lipinski definition) is 2. The third kappa shape index (κ3) is 3.56. The normalized spacial score (nSPS) is 13.6. The number of aromatic nitrogens is 4. The van der Waals surface area contributed by atoms with E-state index >= 15 is 0 Å². The summed E-state index contributed by atoms with van der Waals surface area (Å²) < 4.78 is 8.29. The van der Waals surface area contributed by atoms with Gasteiger partial charge in [0.1, 0.15) is 10.5 Å². The van der Waals surface area contributed by atoms with E-state index in [1.165, 1.54) is 9.44 Å². The van der Waals surface area contributed by atoms with E-state index < -0.39 is 0 Å². The van der Waals surface area contributed by atoms with Crippen LogP contribution in [0.1, 0.15) is 40.7 Å². The molecule has 0 atom stereocenters. The first-order chi connectivity index (χ1) is 14.0. The Balaban J connectivity index is 1.88. The van der Waals surface area contributed by atoms with Crippen molar-refractivity contribution in [2.45, 2.75) is 39.2 Å². The Morgan fingerprint density at radius 1 is 1.41 bits per heavy atom. The molecule has 154 valence electrons. The number of carbonyl (C=O) groups excluding carboxylic acids is 1. The Kier molecular flexibility index (Phi) is 5.66. The number of fused-ring (bicyclic) bond motifs is 3. The molecule has 3 heterocycles. The summed E-state index contributed by atoms with van der Waals surface area (Å²) in [4.78, 5) is 31.5. The lowest BCUT2D eigenvalue weighted by Crippen LogP contribution is -2.30. The van der Waals surface area contributed by atoms with Gasteiger partial charge in [0.2, 0.25) is 0 Å². The van der Waals surface area contributed by atoms with Crippen LogP contribution in [0.25, 0.3) is 15.9 Å². The van der Waals surface area contributed by atoms with Gasteiger partial charge < -0.3 is 15.0 Å². The Morgan fingerprint density at radius 3 is 2.97 bits per heavy atom. The molecule has 4 rings (SSSR count). The number of aromatic amines is 1. The molecule has 3 aromatic rings. The highest BCUT2D eigenvalue weighted by Crippen LogP contribution is 2.33. The van der Waals surface area contributed by atoms with Gasteiger partial charge in [-0.1, -0.05) is 0 Å². The maximum absolute atomic E-state index is 13.5. The molecule has 0 radical (unpaired) electrons. The molecule has 10 heteroatoms. The number of H-pyrrole nitrogens is 1. The van der Waals surface area contributed by atoms with E-state index in [1.807, 2.05) is 6.92 Å². The zero-order chi connectivity index (χ0) is 20.5. The first-order valence-electron chi connectivity index (χ1n) is 9.69. The van der Waals surface area contributed by atoms with Crippen LogP contribution < -0.4 is 10.9 Å². The second-order valence-electron chi connectivity index (χ2n) is 6.95. The van der Waals surface area contributed by atoms with E-state index in [2.05, 4.69) is 15.4 Å². The van der Waals surface area contributed by atoms with Gasteiger partial charge in [0, 0.05) is 25.1 Å². The van der Waals surface area contributed by atoms with Crippen molar-refractivity contribution < 1.29 is 9.53 Å². The summed E-state index contributed by atoms with van der Waals surface area (Å²) in [5.74, 6) is -0.363. The molecule has 8 nitrogen and oxygen atoms in total. The van der Waals surface area contributed by atoms with Crippen LogP contribution in [0.15, 0.2) is 11.0 Å². The van der Waals surface area contributed by atoms with E-state index in [1.54, 1.807) is 29.3 Å². The Labute approximate surface area is 176 Å². The number of nitrogens with one attached hydrogen (secondary N) is 2. The molecule has 0 aromatic carbocycles. The molecule has 0 aliphatic heterocycles. The number of aryl methyl sites for hydroxylation is 3. The predicted octanol–water partition coefficient (Wildman–Crippen LogP) is 2.58. The van der Waals surface area contributed by atoms with E-state index in [9.17, 15) is 9.59 Å². The third-order valence-electron chi connectivity index (χ3n) is 5.13. The van der Waals surface area contributed by atoms with Crippen molar-refractivity contribution in [2.24, 2.45) is 0 Å². The minimum atomic E-state index is -0.363. The number of ether oxygens (including phenoxy) is 1. The van der Waals surface area contributed by atoms with E-state index in [4.69, 9.17) is 17.0 Å². The van der Waals surface area contributed by atoms with Crippen LogP contribution in [0, 0.1) is 4.77 Å². The van der Waals surface area contributed by atoms with Gasteiger partial charge in [-0.3, -0.25) is 14.3 Å². The van der Waals surface area contributed by atoms with Crippen LogP contribution in [0.4, 0.5) is 0 Å². The summed E-state index contributed by atoms with van der Waals surface area (Å²) in [5.41, 5.74) is 1.50. The zero-order valence-electron chi connectivity index (χ0n) is 16.4. The zero-order valence-corrected chi connectivity index (χ0v) is 18.0. The monoisotopic (exact) mass is 433 g/mol. The number of carbonyl (C=O) groups is 1. The van der Waals surface area contributed by atoms with Crippen LogP contribution in [-0.2, 0) is 24.1 Å². The largest absolute Gasteiger partial charge is 0.383 e. The molecule has 1 aliphatic carbocycles. The van der Waals surface area contributed by atoms with Gasteiger partial charge in [-0.25, -0.2) is 4.57 Å². The van der Waals surface area contributed by atoms with Crippen LogP contribution in [0.2, 0.25) is 0 Å². The fourth-order valence-corrected chi connectivity index (χ4v) is 5.33. The van der Waals surface area contributed by atoms with E-state index in [0.29, 0.717) is 30.8 Å². The molecule has 3 aromatic heterocycles. The lowest BCUT2D eigenvalue weighted by Gasteiger charge is -2.11. The lowest BCUT2D eigenvalue weighted by atomic mass is 9.97. The molecular weight excluding hydrogens is 410 g/mol. The number of hydrogen-bond acceptors (Lipinski definition) is 6. The maximum Gasteiger partial charge on any atom is 0.274 e. The van der Waals surface area contributed by atoms with Crippen molar-refractivity contribution >= 4 is 39.7 Å². The molecule has 29 heavy (non-hydrogen) atoms. The van der Waals surface area contributed by atoms with Crippen molar-refractivity contribution in [1.29, 1.82) is 0 Å². The standard InChI is InChI=1S/C19H23N5O3S2/c1-3-23-10-12(15(22-23)16(25)20-8-9-27-2)24-18(26)14-11-6-4-5-7-13(11)29-17(14)21-19(24)28/h10H,3-9H2,1-2H3,(H,20,25)(H,21,28). The van der Waals surface area contributed by atoms with Gasteiger partial charge in [0.05, 0.1) is 18.2 Å². The van der Waals surface area contributed by atoms with Crippen molar-refractivity contribution in [3.05, 3.63) is 37.5 Å². The SMILES string of the molecule is CCn1cc(-n2c(=S)[nH]c3sc4c(c3c2=O)CCCC4)c(C(=O)NCCOC)n1. The molecule has 2 N–H and O–H groups in total. The summed E-state index contributed by atoms with van der Waals surface area (Å²) in [7, 11) is 1.57. The van der Waals surface area contributed by atoms with Crippen molar-refractivity contribution in [1.82, 2.24) is 24.6 Å². The number of rotatable bonds is 6. The fourth-order valence-electron chi connectivity index (χ4n) is 3.70. The van der Waals surface area contributed by atoms with Crippen molar-refractivity contribution in [3.63, 3.8) is 0 Å². The van der Waals surface area contributed by atoms with E-state index in [0.717, 1.165) is 36.1 Å². The fraction of sp³-hybridized carbons (Fsp3) is 0.474. The Hall–Kier alpha value is -2.30. The summed E-state index contributed by atoms with van der Waals surface area (Å²) in [5, 5.41) is 7.83. The van der Waals surface area contributed by atoms with Gasteiger partial charge in [-0.15, -0.1) is 11.3 Å². The molecule has 1 amide bonds. The number of nitrogens with zero attached hydrogens (tertiary/aromatic N) is 3. The summed E-state index contributed by atoms with van der Waals surface area (Å²) in [6.07, 6.45) is 5.81. The minimum absolute atomic E-state index is 0.174. The van der Waals surface area contributed by atoms with E-state index in [-0.39, 0.29) is 21.9 Å². The van der Waals surface area contributed by atoms with Crippen LogP contribution in [-0.4, -0.2) is 45.5 Å². The molecule has 0 spiro atoms. The smallest absolute Gasteiger partial charge is 0.274 e. The van der Waals surface area contributed by atoms with Gasteiger partial charge in [-0.05, 0) is 50.4 Å². The molecule has 1 aliphatic rings. The first kappa shape index (κ1) is 20.0. The molecular formula is C19H23N5O3S2. The highest BCUT2D eigenvalue weighted by molar-refractivity contribution is 7.71. The van der Waals surface area contributed by atoms with Gasteiger partial charge in [-0.2, -0.15) is 5.10 Å². The summed E-state index contributed by atoms with van der Waals surface area (Å²) in [6, 6.07) is 0. The van der Waals surface area contributed by atoms with Crippen LogP contribution >= 0.6 is 23.6 Å². The Bertz CT molecular complexity index is 1190. The molecule has 0 unspecified atom stereocenters. The highest BCUT2D eigenvalue weighted by Gasteiger charge is 2.24. The number of thiophene rings is 1. The lowest BCUT2D eigenvalue weighted by molar-refractivity contribution is 0.0931. The number of methoxy groups -OCH3 is 1. The van der Waals surface area contributed by atoms with Gasteiger partial charge in [0.25, 0.3) is 11.5 Å². The molecule has 0 saturated carbocycles. The summed E-state index contributed by atoms with van der Waals surface area (Å²) >= 11 is 7.13. The molecule has 0 saturated heterocycles. The van der Waals surface area contributed by atoms with Crippen molar-refractivity contribution in [2.75, 3.05) is 20.3 Å². The number of amides is 1. The Morgan fingerprint density at radius 2 is 2.21 bits per heavy atom. The third-order valence-corrected chi connectivity index (χ3v) is 6.62. The second kappa shape index (κ2) is 8.21. The van der Waals surface area contributed by atoms with Crippen LogP contribution in [0.3, 0.4) is 0 Å². The summed E-state index contributed by atoms with van der Waals surface area (Å²) in [6.45, 7) is 3.24. The highest BCUT2D eigenvalue weighted by atomic mass is 32.1. The van der Waals surface area contributed by atoms with Gasteiger partial charge >= 0.3 is 0 Å². The van der Waals surface area contributed by atoms with Crippen molar-refractivity contribution in [3.8, 4) is 5.69 Å².